The SMILES string of the molecule is O=C(Oc1cc(I)c(S(=O)(=O)[O-])c(I)c1)c1cc(OC(=O)c2cc(I)cc(I)c2I)c(O)c(OC(=O)c2cc(I)cc(I)c2I)c1. The van der Waals surface area contributed by atoms with Crippen LogP contribution in [0.25, 0.3) is 0 Å². The van der Waals surface area contributed by atoms with Gasteiger partial charge < -0.3 is 23.9 Å². The zero-order valence-corrected chi connectivity index (χ0v) is 39.7. The van der Waals surface area contributed by atoms with Crippen molar-refractivity contribution in [3.05, 3.63) is 93.8 Å². The smallest absolute Gasteiger partial charge is 0.344 e. The molecule has 0 bridgehead atoms. The van der Waals surface area contributed by atoms with Gasteiger partial charge in [0.05, 0.1) is 21.6 Å². The van der Waals surface area contributed by atoms with E-state index in [1.807, 2.05) is 102 Å². The highest BCUT2D eigenvalue weighted by Gasteiger charge is 2.26. The van der Waals surface area contributed by atoms with E-state index in [9.17, 15) is 32.5 Å². The molecule has 0 saturated carbocycles. The molecular weight excluding hydrogens is 1530 g/mol. The molecule has 46 heavy (non-hydrogen) atoms. The lowest BCUT2D eigenvalue weighted by molar-refractivity contribution is 0.0697. The predicted octanol–water partition coefficient (Wildman–Crippen LogP) is 8.79. The minimum absolute atomic E-state index is 0.0284. The van der Waals surface area contributed by atoms with Crippen LogP contribution in [0.15, 0.2) is 53.4 Å². The van der Waals surface area contributed by atoms with Gasteiger partial charge in [-0.1, -0.05) is 0 Å². The van der Waals surface area contributed by atoms with Gasteiger partial charge >= 0.3 is 17.9 Å². The summed E-state index contributed by atoms with van der Waals surface area (Å²) in [6, 6.07) is 11.4. The Morgan fingerprint density at radius 1 is 0.587 bits per heavy atom. The third kappa shape index (κ3) is 9.58. The van der Waals surface area contributed by atoms with Gasteiger partial charge in [0, 0.05) is 28.6 Å². The van der Waals surface area contributed by atoms with E-state index in [2.05, 4.69) is 45.2 Å². The molecule has 240 valence electrons. The molecule has 4 aromatic rings. The van der Waals surface area contributed by atoms with Crippen molar-refractivity contribution in [1.82, 2.24) is 0 Å². The van der Waals surface area contributed by atoms with Crippen molar-refractivity contribution in [1.29, 1.82) is 0 Å². The van der Waals surface area contributed by atoms with Crippen LogP contribution < -0.4 is 14.2 Å². The average Bonchev–Trinajstić information content (AvgIpc) is 2.93. The predicted molar refractivity (Wildman–Crippen MR) is 232 cm³/mol. The Morgan fingerprint density at radius 2 is 1.00 bits per heavy atom. The third-order valence-corrected chi connectivity index (χ3v) is 16.2. The van der Waals surface area contributed by atoms with Gasteiger partial charge in [0.15, 0.2) is 11.5 Å². The van der Waals surface area contributed by atoms with Crippen molar-refractivity contribution in [3.8, 4) is 23.0 Å². The number of esters is 3. The number of phenols is 1. The van der Waals surface area contributed by atoms with Crippen LogP contribution in [-0.4, -0.2) is 36.0 Å². The standard InChI is InChI=1S/C27H10I8O10S/c28-10-3-13(21(34)15(30)5-10)26(38)44-19-1-9(25(37)43-12-7-17(32)24(18(33)8-12)46(40,41)42)2-20(23(19)36)45-27(39)14-4-11(29)6-16(31)22(14)35/h1-8,36H,(H,40,41,42)/p-1. The number of phenolic OH excluding ortho intramolecular Hbond substituents is 1. The van der Waals surface area contributed by atoms with Crippen molar-refractivity contribution in [2.75, 3.05) is 0 Å². The van der Waals surface area contributed by atoms with E-state index < -0.39 is 50.2 Å². The molecular formula is C27H9I8O10S-. The van der Waals surface area contributed by atoms with Gasteiger partial charge in [-0.15, -0.1) is 0 Å². The maximum Gasteiger partial charge on any atom is 0.344 e. The zero-order valence-electron chi connectivity index (χ0n) is 21.7. The maximum absolute atomic E-state index is 13.4. The van der Waals surface area contributed by atoms with Crippen LogP contribution in [0.2, 0.25) is 0 Å². The molecule has 0 fully saturated rings. The lowest BCUT2D eigenvalue weighted by Crippen LogP contribution is -2.16. The minimum atomic E-state index is -4.80. The van der Waals surface area contributed by atoms with Crippen molar-refractivity contribution >= 4 is 209 Å². The maximum atomic E-state index is 13.4. The molecule has 4 aromatic carbocycles. The van der Waals surface area contributed by atoms with Crippen molar-refractivity contribution in [3.63, 3.8) is 0 Å². The second-order valence-electron chi connectivity index (χ2n) is 8.66. The second kappa shape index (κ2) is 16.5. The van der Waals surface area contributed by atoms with Gasteiger partial charge in [0.1, 0.15) is 15.9 Å². The summed E-state index contributed by atoms with van der Waals surface area (Å²) in [5.74, 6) is -4.53. The van der Waals surface area contributed by atoms with E-state index in [0.717, 1.165) is 26.4 Å². The topological polar surface area (TPSA) is 156 Å². The number of carbonyl (C=O) groups is 3. The van der Waals surface area contributed by atoms with Crippen molar-refractivity contribution < 1.29 is 46.7 Å². The molecule has 4 rings (SSSR count). The van der Waals surface area contributed by atoms with E-state index >= 15 is 0 Å². The Balaban J connectivity index is 1.78. The van der Waals surface area contributed by atoms with Crippen LogP contribution in [0.3, 0.4) is 0 Å². The number of carbonyl (C=O) groups excluding carboxylic acids is 3. The number of benzene rings is 4. The fourth-order valence-corrected chi connectivity index (χ4v) is 12.3. The number of aromatic hydroxyl groups is 1. The Kier molecular flexibility index (Phi) is 14.2. The molecule has 1 N–H and O–H groups in total. The van der Waals surface area contributed by atoms with E-state index in [-0.39, 0.29) is 29.6 Å². The van der Waals surface area contributed by atoms with E-state index in [1.165, 1.54) is 12.1 Å². The average molecular weight is 1540 g/mol. The van der Waals surface area contributed by atoms with E-state index in [4.69, 9.17) is 14.2 Å². The van der Waals surface area contributed by atoms with Crippen LogP contribution in [0.4, 0.5) is 0 Å². The van der Waals surface area contributed by atoms with Crippen LogP contribution in [0, 0.1) is 28.6 Å². The summed E-state index contributed by atoms with van der Waals surface area (Å²) in [6.45, 7) is 0. The highest BCUT2D eigenvalue weighted by molar-refractivity contribution is 14.1. The molecule has 0 atom stereocenters. The number of hydrogen-bond acceptors (Lipinski definition) is 10. The first-order chi connectivity index (χ1) is 21.4. The summed E-state index contributed by atoms with van der Waals surface area (Å²) in [5, 5.41) is 11.1. The first-order valence-corrected chi connectivity index (χ1v) is 21.7. The molecule has 0 aliphatic carbocycles. The summed E-state index contributed by atoms with van der Waals surface area (Å²) >= 11 is 15.5. The van der Waals surface area contributed by atoms with Crippen LogP contribution in [0.5, 0.6) is 23.0 Å². The molecule has 0 aromatic heterocycles. The highest BCUT2D eigenvalue weighted by atomic mass is 127. The number of halogens is 8. The molecule has 0 heterocycles. The number of rotatable bonds is 7. The molecule has 0 unspecified atom stereocenters. The summed E-state index contributed by atoms with van der Waals surface area (Å²) in [6.07, 6.45) is 0. The Labute approximate surface area is 370 Å². The third-order valence-electron chi connectivity index (χ3n) is 5.54. The summed E-state index contributed by atoms with van der Waals surface area (Å²) < 4.78 is 55.8. The Hall–Kier alpha value is 0.840. The molecule has 0 aliphatic heterocycles. The Morgan fingerprint density at radius 3 is 1.39 bits per heavy atom. The summed E-state index contributed by atoms with van der Waals surface area (Å²) in [7, 11) is -4.80. The first kappa shape index (κ1) is 39.6. The molecule has 0 amide bonds. The fourth-order valence-electron chi connectivity index (χ4n) is 3.57. The van der Waals surface area contributed by atoms with Gasteiger partial charge in [-0.2, -0.15) is 0 Å². The lowest BCUT2D eigenvalue weighted by Gasteiger charge is -2.15. The normalized spacial score (nSPS) is 11.2. The molecule has 0 saturated heterocycles. The quantitative estimate of drug-likeness (QED) is 0.0624. The molecule has 0 aliphatic rings. The van der Waals surface area contributed by atoms with Gasteiger partial charge in [0.2, 0.25) is 5.75 Å². The fraction of sp³-hybridized carbons (Fsp3) is 0. The summed E-state index contributed by atoms with van der Waals surface area (Å²) in [5.41, 5.74) is 0.111. The molecule has 19 heteroatoms. The van der Waals surface area contributed by atoms with Crippen LogP contribution >= 0.6 is 181 Å². The van der Waals surface area contributed by atoms with Gasteiger partial charge in [-0.25, -0.2) is 22.8 Å². The monoisotopic (exact) mass is 1540 g/mol. The number of ether oxygens (including phenoxy) is 3. The Bertz CT molecular complexity index is 1950. The summed E-state index contributed by atoms with van der Waals surface area (Å²) in [4.78, 5) is 39.5. The second-order valence-corrected chi connectivity index (χ2v) is 19.3. The van der Waals surface area contributed by atoms with Crippen molar-refractivity contribution in [2.45, 2.75) is 4.90 Å². The lowest BCUT2D eigenvalue weighted by atomic mass is 10.1. The van der Waals surface area contributed by atoms with Crippen LogP contribution in [-0.2, 0) is 10.1 Å². The molecule has 10 nitrogen and oxygen atoms in total. The largest absolute Gasteiger partial charge is 0.744 e. The van der Waals surface area contributed by atoms with Crippen molar-refractivity contribution in [2.24, 2.45) is 0 Å². The van der Waals surface area contributed by atoms with E-state index in [1.54, 1.807) is 57.3 Å². The van der Waals surface area contributed by atoms with Gasteiger partial charge in [-0.3, -0.25) is 0 Å². The van der Waals surface area contributed by atoms with Gasteiger partial charge in [0.25, 0.3) is 0 Å². The van der Waals surface area contributed by atoms with Gasteiger partial charge in [-0.05, 0) is 229 Å². The number of hydrogen-bond donors (Lipinski definition) is 1. The molecule has 0 spiro atoms. The zero-order chi connectivity index (χ0) is 34.2. The van der Waals surface area contributed by atoms with Crippen LogP contribution in [0.1, 0.15) is 31.1 Å². The minimum Gasteiger partial charge on any atom is -0.744 e. The highest BCUT2D eigenvalue weighted by Crippen LogP contribution is 2.40. The molecule has 0 radical (unpaired) electrons. The van der Waals surface area contributed by atoms with E-state index in [0.29, 0.717) is 7.14 Å². The first-order valence-electron chi connectivity index (χ1n) is 11.6.